The van der Waals surface area contributed by atoms with Crippen molar-refractivity contribution in [1.82, 2.24) is 4.31 Å². The molecule has 0 fully saturated rings. The van der Waals surface area contributed by atoms with Crippen LogP contribution in [0, 0.1) is 5.82 Å². The van der Waals surface area contributed by atoms with E-state index in [1.807, 2.05) is 6.92 Å². The largest absolute Gasteiger partial charge is 0.443 e. The summed E-state index contributed by atoms with van der Waals surface area (Å²) < 4.78 is 53.1. The van der Waals surface area contributed by atoms with Crippen molar-refractivity contribution in [2.75, 3.05) is 14.0 Å². The highest BCUT2D eigenvalue weighted by atomic mass is 79.9. The van der Waals surface area contributed by atoms with Crippen molar-refractivity contribution in [1.29, 1.82) is 0 Å². The van der Waals surface area contributed by atoms with E-state index < -0.39 is 18.6 Å². The summed E-state index contributed by atoms with van der Waals surface area (Å²) in [6, 6.07) is 4.71. The van der Waals surface area contributed by atoms with Crippen LogP contribution in [0.25, 0.3) is 0 Å². The van der Waals surface area contributed by atoms with Crippen LogP contribution in [0.15, 0.2) is 27.7 Å². The van der Waals surface area contributed by atoms with E-state index in [0.29, 0.717) is 12.0 Å². The smallest absolute Gasteiger partial charge is 0.428 e. The first-order valence-corrected chi connectivity index (χ1v) is 10.3. The lowest BCUT2D eigenvalue weighted by molar-refractivity contribution is 0.0474. The molecule has 1 unspecified atom stereocenters. The molecule has 0 saturated heterocycles. The summed E-state index contributed by atoms with van der Waals surface area (Å²) >= 11 is 4.22. The van der Waals surface area contributed by atoms with Gasteiger partial charge < -0.3 is 4.74 Å². The molecule has 1 amide bonds. The fourth-order valence-electron chi connectivity index (χ4n) is 1.86. The molecule has 0 aliphatic carbocycles. The monoisotopic (exact) mass is 506 g/mol. The van der Waals surface area contributed by atoms with Crippen LogP contribution in [0.5, 0.6) is 0 Å². The second-order valence-corrected chi connectivity index (χ2v) is 9.14. The molecule has 0 saturated carbocycles. The Hall–Kier alpha value is -0.940. The lowest BCUT2D eigenvalue weighted by atomic mass is 10.1. The van der Waals surface area contributed by atoms with Gasteiger partial charge in [-0.2, -0.15) is 4.31 Å². The molecule has 1 rings (SSSR count). The van der Waals surface area contributed by atoms with Crippen molar-refractivity contribution in [3.8, 4) is 0 Å². The number of aliphatic imine (C=N–C) groups is 1. The molecule has 0 N–H and O–H groups in total. The van der Waals surface area contributed by atoms with Crippen LogP contribution in [-0.4, -0.2) is 40.4 Å². The minimum Gasteiger partial charge on any atom is -0.443 e. The average Bonchev–Trinajstić information content (AvgIpc) is 2.57. The SMILES string of the molecule is CN=C(SC(C)Cc1cc(Br)ccc1F)N(SF)C(=O)OC(C)(C)C.FCF. The molecular weight excluding hydrogens is 484 g/mol. The van der Waals surface area contributed by atoms with Crippen molar-refractivity contribution >= 4 is 51.3 Å². The molecule has 0 aliphatic rings. The average molecular weight is 507 g/mol. The molecule has 11 heteroatoms. The Bertz CT molecular complexity index is 661. The van der Waals surface area contributed by atoms with Crippen LogP contribution in [-0.2, 0) is 11.2 Å². The van der Waals surface area contributed by atoms with Crippen LogP contribution in [0.2, 0.25) is 0 Å². The first-order chi connectivity index (χ1) is 13.0. The van der Waals surface area contributed by atoms with E-state index in [4.69, 9.17) is 4.74 Å². The fourth-order valence-corrected chi connectivity index (χ4v) is 3.62. The van der Waals surface area contributed by atoms with E-state index in [2.05, 4.69) is 20.9 Å². The summed E-state index contributed by atoms with van der Waals surface area (Å²) in [6.45, 7) is 5.19. The number of benzene rings is 1. The van der Waals surface area contributed by atoms with E-state index in [0.717, 1.165) is 8.78 Å². The Morgan fingerprint density at radius 1 is 1.36 bits per heavy atom. The summed E-state index contributed by atoms with van der Waals surface area (Å²) in [5.41, 5.74) is -0.221. The van der Waals surface area contributed by atoms with Crippen molar-refractivity contribution in [3.63, 3.8) is 0 Å². The normalized spacial score (nSPS) is 12.7. The van der Waals surface area contributed by atoms with E-state index in [-0.39, 0.29) is 28.6 Å². The van der Waals surface area contributed by atoms with Gasteiger partial charge in [-0.1, -0.05) is 34.6 Å². The summed E-state index contributed by atoms with van der Waals surface area (Å²) in [5.74, 6) is -0.311. The van der Waals surface area contributed by atoms with Crippen molar-refractivity contribution < 1.29 is 26.6 Å². The molecule has 0 bridgehead atoms. The zero-order valence-electron chi connectivity index (χ0n) is 16.1. The zero-order valence-corrected chi connectivity index (χ0v) is 19.4. The van der Waals surface area contributed by atoms with E-state index >= 15 is 0 Å². The molecule has 1 atom stereocenters. The minimum absolute atomic E-state index is 0.139. The van der Waals surface area contributed by atoms with Crippen molar-refractivity contribution in [2.45, 2.75) is 45.0 Å². The molecule has 1 aromatic carbocycles. The molecule has 0 heterocycles. The van der Waals surface area contributed by atoms with Gasteiger partial charge in [-0.25, -0.2) is 18.0 Å². The lowest BCUT2D eigenvalue weighted by Crippen LogP contribution is -2.35. The van der Waals surface area contributed by atoms with Crippen LogP contribution >= 0.6 is 40.0 Å². The van der Waals surface area contributed by atoms with Gasteiger partial charge >= 0.3 is 6.09 Å². The predicted molar refractivity (Wildman–Crippen MR) is 112 cm³/mol. The van der Waals surface area contributed by atoms with Gasteiger partial charge in [0.1, 0.15) is 11.4 Å². The van der Waals surface area contributed by atoms with Gasteiger partial charge in [0.2, 0.25) is 6.93 Å². The number of thioether (sulfide) groups is 1. The third kappa shape index (κ3) is 10.6. The number of rotatable bonds is 4. The predicted octanol–water partition coefficient (Wildman–Crippen LogP) is 6.89. The standard InChI is InChI=1S/C16H21BrF2N2O2S2.CH2F2/c1-10(8-11-9-12(17)6-7-13(11)18)24-14(20-5)21(25-19)15(22)23-16(2,3)4;2-1-3/h6-7,9-10H,8H2,1-5H3;1H2. The molecule has 1 aromatic rings. The Morgan fingerprint density at radius 3 is 2.39 bits per heavy atom. The summed E-state index contributed by atoms with van der Waals surface area (Å²) in [7, 11) is 1.46. The first kappa shape index (κ1) is 27.1. The number of amides is 1. The number of hydrogen-bond donors (Lipinski definition) is 0. The number of nitrogens with zero attached hydrogens (tertiary/aromatic N) is 2. The minimum atomic E-state index is -1.75. The maximum Gasteiger partial charge on any atom is 0.428 e. The topological polar surface area (TPSA) is 41.9 Å². The molecule has 0 aromatic heterocycles. The Morgan fingerprint density at radius 2 is 1.93 bits per heavy atom. The highest BCUT2D eigenvalue weighted by Crippen LogP contribution is 2.28. The Labute approximate surface area is 180 Å². The van der Waals surface area contributed by atoms with Gasteiger partial charge in [0.15, 0.2) is 17.5 Å². The highest BCUT2D eigenvalue weighted by molar-refractivity contribution is 9.10. The summed E-state index contributed by atoms with van der Waals surface area (Å²) in [5, 5.41) is 0.0178. The van der Waals surface area contributed by atoms with Crippen LogP contribution in [0.3, 0.4) is 0 Å². The number of halogens is 5. The number of carbonyl (C=O) groups excluding carboxylic acids is 1. The van der Waals surface area contributed by atoms with E-state index in [9.17, 15) is 21.9 Å². The Kier molecular flexibility index (Phi) is 12.9. The number of alkyl halides is 2. The van der Waals surface area contributed by atoms with Gasteiger partial charge in [0.25, 0.3) is 0 Å². The van der Waals surface area contributed by atoms with Gasteiger partial charge in [-0.3, -0.25) is 4.99 Å². The van der Waals surface area contributed by atoms with Crippen molar-refractivity contribution in [2.24, 2.45) is 4.99 Å². The van der Waals surface area contributed by atoms with E-state index in [1.165, 1.54) is 24.9 Å². The number of carbonyl (C=O) groups is 1. The molecule has 0 spiro atoms. The third-order valence-electron chi connectivity index (χ3n) is 2.82. The molecule has 160 valence electrons. The maximum absolute atomic E-state index is 13.9. The fraction of sp³-hybridized carbons (Fsp3) is 0.529. The van der Waals surface area contributed by atoms with Crippen LogP contribution in [0.1, 0.15) is 33.3 Å². The van der Waals surface area contributed by atoms with Gasteiger partial charge in [-0.05, 0) is 51.0 Å². The summed E-state index contributed by atoms with van der Waals surface area (Å²) in [6.07, 6.45) is -0.442. The maximum atomic E-state index is 13.9. The molecule has 4 nitrogen and oxygen atoms in total. The highest BCUT2D eigenvalue weighted by Gasteiger charge is 2.28. The number of hydrogen-bond acceptors (Lipinski definition) is 5. The quantitative estimate of drug-likeness (QED) is 0.193. The summed E-state index contributed by atoms with van der Waals surface area (Å²) in [4.78, 5) is 16.1. The lowest BCUT2D eigenvalue weighted by Gasteiger charge is -2.25. The van der Waals surface area contributed by atoms with Crippen LogP contribution in [0.4, 0.5) is 21.9 Å². The van der Waals surface area contributed by atoms with Gasteiger partial charge in [0, 0.05) is 16.8 Å². The first-order valence-electron chi connectivity index (χ1n) is 8.00. The van der Waals surface area contributed by atoms with Crippen LogP contribution < -0.4 is 0 Å². The van der Waals surface area contributed by atoms with Gasteiger partial charge in [-0.15, -0.1) is 3.89 Å². The number of ether oxygens (including phenoxy) is 1. The second kappa shape index (κ2) is 13.3. The molecule has 28 heavy (non-hydrogen) atoms. The third-order valence-corrected chi connectivity index (χ3v) is 5.03. The Balaban J connectivity index is 0.00000227. The second-order valence-electron chi connectivity index (χ2n) is 6.32. The molecule has 0 radical (unpaired) electrons. The van der Waals surface area contributed by atoms with Crippen molar-refractivity contribution in [3.05, 3.63) is 34.1 Å². The molecule has 0 aliphatic heterocycles. The zero-order chi connectivity index (χ0) is 21.9. The van der Waals surface area contributed by atoms with Gasteiger partial charge in [0.05, 0.1) is 0 Å². The molecular formula is C17H23BrF4N2O2S2. The van der Waals surface area contributed by atoms with E-state index in [1.54, 1.807) is 32.9 Å². The number of amidine groups is 1.